The van der Waals surface area contributed by atoms with E-state index in [4.69, 9.17) is 5.73 Å². The highest BCUT2D eigenvalue weighted by Crippen LogP contribution is 2.25. The Kier molecular flexibility index (Phi) is 6.77. The number of carbonyl (C=O) groups excluding carboxylic acids is 2. The first-order valence-electron chi connectivity index (χ1n) is 11.4. The van der Waals surface area contributed by atoms with Crippen molar-refractivity contribution in [3.8, 4) is 5.75 Å². The van der Waals surface area contributed by atoms with E-state index in [1.54, 1.807) is 35.2 Å². The van der Waals surface area contributed by atoms with Gasteiger partial charge < -0.3 is 20.6 Å². The highest BCUT2D eigenvalue weighted by Gasteiger charge is 2.39. The minimum atomic E-state index is -0.503. The van der Waals surface area contributed by atoms with Crippen LogP contribution in [0.5, 0.6) is 5.75 Å². The Morgan fingerprint density at radius 3 is 2.71 bits per heavy atom. The van der Waals surface area contributed by atoms with Crippen molar-refractivity contribution in [1.82, 2.24) is 19.8 Å². The number of carbonyl (C=O) groups is 2. The molecule has 2 unspecified atom stereocenters. The molecule has 0 spiro atoms. The monoisotopic (exact) mass is 459 g/mol. The van der Waals surface area contributed by atoms with Gasteiger partial charge in [-0.15, -0.1) is 0 Å². The van der Waals surface area contributed by atoms with E-state index in [1.807, 2.05) is 36.9 Å². The second kappa shape index (κ2) is 9.91. The zero-order chi connectivity index (χ0) is 24.2. The maximum absolute atomic E-state index is 13.5. The van der Waals surface area contributed by atoms with E-state index < -0.39 is 6.04 Å². The second-order valence-electron chi connectivity index (χ2n) is 8.65. The van der Waals surface area contributed by atoms with Gasteiger partial charge in [0.05, 0.1) is 5.52 Å². The van der Waals surface area contributed by atoms with Crippen LogP contribution in [-0.2, 0) is 16.1 Å². The summed E-state index contributed by atoms with van der Waals surface area (Å²) in [6.45, 7) is 4.87. The summed E-state index contributed by atoms with van der Waals surface area (Å²) in [7, 11) is 0. The summed E-state index contributed by atoms with van der Waals surface area (Å²) in [5.74, 6) is 0.361. The van der Waals surface area contributed by atoms with Crippen LogP contribution in [0.1, 0.15) is 37.8 Å². The summed E-state index contributed by atoms with van der Waals surface area (Å²) in [5.41, 5.74) is 8.42. The molecule has 2 amide bonds. The van der Waals surface area contributed by atoms with Gasteiger partial charge in [0.2, 0.25) is 11.8 Å². The van der Waals surface area contributed by atoms with Gasteiger partial charge in [-0.2, -0.15) is 0 Å². The fraction of sp³-hybridized carbons (Fsp3) is 0.308. The number of nitrogens with two attached hydrogens (primary N) is 1. The molecule has 8 heteroatoms. The lowest BCUT2D eigenvalue weighted by Crippen LogP contribution is -2.61. The minimum absolute atomic E-state index is 0.0470. The van der Waals surface area contributed by atoms with E-state index in [2.05, 4.69) is 9.97 Å². The highest BCUT2D eigenvalue weighted by molar-refractivity contribution is 5.96. The third kappa shape index (κ3) is 4.85. The Morgan fingerprint density at radius 2 is 1.97 bits per heavy atom. The first kappa shape index (κ1) is 23.2. The number of rotatable bonds is 6. The summed E-state index contributed by atoms with van der Waals surface area (Å²) < 4.78 is 0. The zero-order valence-electron chi connectivity index (χ0n) is 19.4. The van der Waals surface area contributed by atoms with Crippen molar-refractivity contribution >= 4 is 34.6 Å². The topological polar surface area (TPSA) is 113 Å². The zero-order valence-corrected chi connectivity index (χ0v) is 19.4. The molecule has 4 rings (SSSR count). The third-order valence-electron chi connectivity index (χ3n) is 6.18. The lowest BCUT2D eigenvalue weighted by atomic mass is 10.0. The number of aromatic nitrogens is 2. The largest absolute Gasteiger partial charge is 0.508 e. The molecule has 3 N–H and O–H groups in total. The Morgan fingerprint density at radius 1 is 1.21 bits per heavy atom. The van der Waals surface area contributed by atoms with Gasteiger partial charge in [-0.1, -0.05) is 31.5 Å². The van der Waals surface area contributed by atoms with Gasteiger partial charge in [-0.25, -0.2) is 9.97 Å². The molecule has 1 fully saturated rings. The van der Waals surface area contributed by atoms with E-state index in [9.17, 15) is 14.7 Å². The standard InChI is InChI=1S/C26H29N5O3/c1-3-4-23-26(34)30(15-19-7-11-21-22(13-19)28-16-29-25(21)27)17(2)14-31(23)24(33)12-8-18-5-9-20(32)10-6-18/h5-13,16-17,23,32H,3-4,14-15H2,1-2H3,(H2,27,28,29). The van der Waals surface area contributed by atoms with Crippen LogP contribution in [0.15, 0.2) is 54.9 Å². The lowest BCUT2D eigenvalue weighted by molar-refractivity contribution is -0.153. The van der Waals surface area contributed by atoms with Crippen LogP contribution in [0, 0.1) is 0 Å². The number of hydrogen-bond acceptors (Lipinski definition) is 6. The van der Waals surface area contributed by atoms with Crippen molar-refractivity contribution in [2.75, 3.05) is 12.3 Å². The first-order valence-corrected chi connectivity index (χ1v) is 11.4. The Balaban J connectivity index is 1.52. The number of nitrogens with zero attached hydrogens (tertiary/aromatic N) is 4. The molecule has 2 atom stereocenters. The van der Waals surface area contributed by atoms with Gasteiger partial charge in [0.15, 0.2) is 0 Å². The summed E-state index contributed by atoms with van der Waals surface area (Å²) in [4.78, 5) is 38.4. The molecule has 2 heterocycles. The molecule has 0 bridgehead atoms. The Bertz CT molecular complexity index is 1220. The summed E-state index contributed by atoms with van der Waals surface area (Å²) in [6, 6.07) is 11.7. The number of hydrogen-bond donors (Lipinski definition) is 2. The van der Waals surface area contributed by atoms with Crippen molar-refractivity contribution in [1.29, 1.82) is 0 Å². The molecule has 1 aliphatic rings. The van der Waals surface area contributed by atoms with E-state index >= 15 is 0 Å². The molecule has 8 nitrogen and oxygen atoms in total. The summed E-state index contributed by atoms with van der Waals surface area (Å²) in [6.07, 6.45) is 6.02. The van der Waals surface area contributed by atoms with Crippen LogP contribution in [0.3, 0.4) is 0 Å². The predicted octanol–water partition coefficient (Wildman–Crippen LogP) is 3.36. The lowest BCUT2D eigenvalue weighted by Gasteiger charge is -2.44. The number of phenolic OH excluding ortho intramolecular Hbond substituents is 1. The Labute approximate surface area is 198 Å². The molecule has 34 heavy (non-hydrogen) atoms. The van der Waals surface area contributed by atoms with Crippen molar-refractivity contribution in [2.24, 2.45) is 0 Å². The number of fused-ring (bicyclic) bond motifs is 1. The first-order chi connectivity index (χ1) is 16.4. The van der Waals surface area contributed by atoms with Gasteiger partial charge >= 0.3 is 0 Å². The SMILES string of the molecule is CCCC1C(=O)N(Cc2ccc3c(N)ncnc3c2)C(C)CN1C(=O)C=Cc1ccc(O)cc1. The number of piperazine rings is 1. The van der Waals surface area contributed by atoms with Crippen LogP contribution < -0.4 is 5.73 Å². The van der Waals surface area contributed by atoms with Crippen molar-refractivity contribution in [2.45, 2.75) is 45.3 Å². The normalized spacial score (nSPS) is 18.7. The van der Waals surface area contributed by atoms with Crippen molar-refractivity contribution < 1.29 is 14.7 Å². The number of aromatic hydroxyl groups is 1. The van der Waals surface area contributed by atoms with Gasteiger partial charge in [0, 0.05) is 30.6 Å². The summed E-state index contributed by atoms with van der Waals surface area (Å²) in [5, 5.41) is 10.2. The van der Waals surface area contributed by atoms with Crippen molar-refractivity contribution in [3.63, 3.8) is 0 Å². The maximum Gasteiger partial charge on any atom is 0.247 e. The van der Waals surface area contributed by atoms with Crippen LogP contribution in [0.2, 0.25) is 0 Å². The molecular weight excluding hydrogens is 430 g/mol. The van der Waals surface area contributed by atoms with Gasteiger partial charge in [0.1, 0.15) is 23.9 Å². The second-order valence-corrected chi connectivity index (χ2v) is 8.65. The van der Waals surface area contributed by atoms with E-state index in [0.29, 0.717) is 25.3 Å². The third-order valence-corrected chi connectivity index (χ3v) is 6.18. The molecule has 0 aliphatic carbocycles. The quantitative estimate of drug-likeness (QED) is 0.547. The van der Waals surface area contributed by atoms with Crippen LogP contribution in [0.25, 0.3) is 17.0 Å². The molecule has 1 aromatic heterocycles. The minimum Gasteiger partial charge on any atom is -0.508 e. The number of amides is 2. The van der Waals surface area contributed by atoms with E-state index in [0.717, 1.165) is 28.5 Å². The van der Waals surface area contributed by atoms with Crippen LogP contribution in [-0.4, -0.2) is 55.3 Å². The van der Waals surface area contributed by atoms with Gasteiger partial charge in [-0.05, 0) is 54.8 Å². The fourth-order valence-corrected chi connectivity index (χ4v) is 4.35. The van der Waals surface area contributed by atoms with Crippen molar-refractivity contribution in [3.05, 3.63) is 66.0 Å². The summed E-state index contributed by atoms with van der Waals surface area (Å²) >= 11 is 0. The molecule has 1 saturated heterocycles. The van der Waals surface area contributed by atoms with Gasteiger partial charge in [-0.3, -0.25) is 9.59 Å². The predicted molar refractivity (Wildman–Crippen MR) is 132 cm³/mol. The van der Waals surface area contributed by atoms with Crippen LogP contribution in [0.4, 0.5) is 5.82 Å². The number of anilines is 1. The van der Waals surface area contributed by atoms with E-state index in [1.165, 1.54) is 12.4 Å². The smallest absolute Gasteiger partial charge is 0.247 e. The molecule has 0 saturated carbocycles. The molecule has 3 aromatic rings. The number of phenols is 1. The maximum atomic E-state index is 13.5. The molecular formula is C26H29N5O3. The molecule has 176 valence electrons. The molecule has 2 aromatic carbocycles. The fourth-order valence-electron chi connectivity index (χ4n) is 4.35. The number of benzene rings is 2. The Hall–Kier alpha value is -3.94. The van der Waals surface area contributed by atoms with Gasteiger partial charge in [0.25, 0.3) is 0 Å². The molecule has 1 aliphatic heterocycles. The van der Waals surface area contributed by atoms with E-state index in [-0.39, 0.29) is 23.6 Å². The van der Waals surface area contributed by atoms with Crippen LogP contribution >= 0.6 is 0 Å². The number of nitrogen functional groups attached to an aromatic ring is 1. The highest BCUT2D eigenvalue weighted by atomic mass is 16.3. The average molecular weight is 460 g/mol. The molecule has 0 radical (unpaired) electrons. The average Bonchev–Trinajstić information content (AvgIpc) is 2.83.